The molecule has 0 aliphatic carbocycles. The lowest BCUT2D eigenvalue weighted by Gasteiger charge is -1.87. The summed E-state index contributed by atoms with van der Waals surface area (Å²) in [7, 11) is 0. The fourth-order valence-electron chi connectivity index (χ4n) is 0.0917. The van der Waals surface area contributed by atoms with Crippen LogP contribution in [0.3, 0.4) is 0 Å². The molecule has 0 aromatic carbocycles. The molecule has 0 fully saturated rings. The molecule has 1 unspecified atom stereocenters. The van der Waals surface area contributed by atoms with Crippen LogP contribution in [0, 0.1) is 0 Å². The third-order valence-electron chi connectivity index (χ3n) is 0.320. The van der Waals surface area contributed by atoms with Gasteiger partial charge in [-0.15, -0.1) is 11.6 Å². The van der Waals surface area contributed by atoms with Crippen LogP contribution in [0.2, 0.25) is 0 Å². The normalized spacial score (nSPS) is 12.3. The van der Waals surface area contributed by atoms with E-state index in [9.17, 15) is 4.79 Å². The van der Waals surface area contributed by atoms with E-state index in [1.54, 1.807) is 0 Å². The molecule has 0 radical (unpaired) electrons. The van der Waals surface area contributed by atoms with Gasteiger partial charge in [-0.25, -0.2) is 4.79 Å². The SMILES string of the molecule is O=C=NC(Cl)CCl. The zero-order valence-corrected chi connectivity index (χ0v) is 4.91. The van der Waals surface area contributed by atoms with Crippen LogP contribution < -0.4 is 0 Å². The van der Waals surface area contributed by atoms with Crippen molar-refractivity contribution in [2.24, 2.45) is 4.99 Å². The third kappa shape index (κ3) is 3.80. The maximum atomic E-state index is 9.34. The molecule has 0 rings (SSSR count). The van der Waals surface area contributed by atoms with E-state index in [1.807, 2.05) is 0 Å². The van der Waals surface area contributed by atoms with E-state index in [1.165, 1.54) is 6.08 Å². The number of hydrogen-bond donors (Lipinski definition) is 0. The molecular weight excluding hydrogens is 137 g/mol. The first-order valence-electron chi connectivity index (χ1n) is 1.58. The lowest BCUT2D eigenvalue weighted by Crippen LogP contribution is -1.92. The van der Waals surface area contributed by atoms with Gasteiger partial charge in [-0.05, 0) is 0 Å². The van der Waals surface area contributed by atoms with E-state index < -0.39 is 5.50 Å². The first-order valence-corrected chi connectivity index (χ1v) is 2.55. The second-order valence-corrected chi connectivity index (χ2v) is 1.62. The second kappa shape index (κ2) is 4.13. The molecule has 0 aliphatic heterocycles. The van der Waals surface area contributed by atoms with Crippen LogP contribution in [0.5, 0.6) is 0 Å². The summed E-state index contributed by atoms with van der Waals surface area (Å²) in [5.74, 6) is 0.150. The monoisotopic (exact) mass is 139 g/mol. The highest BCUT2D eigenvalue weighted by atomic mass is 35.5. The number of alkyl halides is 2. The molecule has 0 heterocycles. The summed E-state index contributed by atoms with van der Waals surface area (Å²) < 4.78 is 0. The average molecular weight is 140 g/mol. The standard InChI is InChI=1S/C3H3Cl2NO/c4-1-3(5)6-2-7/h3H,1H2. The number of aliphatic imine (C=N–C) groups is 1. The van der Waals surface area contributed by atoms with Gasteiger partial charge in [-0.2, -0.15) is 4.99 Å². The van der Waals surface area contributed by atoms with Gasteiger partial charge in [0.1, 0.15) is 5.50 Å². The molecule has 4 heteroatoms. The highest BCUT2D eigenvalue weighted by molar-refractivity contribution is 6.28. The Kier molecular flexibility index (Phi) is 4.10. The molecule has 0 N–H and O–H groups in total. The van der Waals surface area contributed by atoms with Crippen LogP contribution in [0.15, 0.2) is 4.99 Å². The molecule has 0 amide bonds. The molecule has 0 aliphatic rings. The van der Waals surface area contributed by atoms with Crippen molar-refractivity contribution in [2.75, 3.05) is 5.88 Å². The lowest BCUT2D eigenvalue weighted by molar-refractivity contribution is 0.562. The predicted octanol–water partition coefficient (Wildman–Crippen LogP) is 1.13. The first-order chi connectivity index (χ1) is 3.31. The molecule has 0 aromatic rings. The van der Waals surface area contributed by atoms with Gasteiger partial charge in [0.05, 0.1) is 5.88 Å². The summed E-state index contributed by atoms with van der Waals surface area (Å²) in [5, 5.41) is 0. The topological polar surface area (TPSA) is 29.4 Å². The molecule has 2 nitrogen and oxygen atoms in total. The maximum absolute atomic E-state index is 9.34. The van der Waals surface area contributed by atoms with Crippen molar-refractivity contribution in [3.05, 3.63) is 0 Å². The summed E-state index contributed by atoms with van der Waals surface area (Å²) in [6, 6.07) is 0. The molecular formula is C3H3Cl2NO. The third-order valence-corrected chi connectivity index (χ3v) is 1.02. The largest absolute Gasteiger partial charge is 0.236 e. The van der Waals surface area contributed by atoms with Crippen molar-refractivity contribution < 1.29 is 4.79 Å². The molecule has 0 spiro atoms. The molecule has 0 aromatic heterocycles. The summed E-state index contributed by atoms with van der Waals surface area (Å²) in [4.78, 5) is 12.4. The van der Waals surface area contributed by atoms with E-state index >= 15 is 0 Å². The Hall–Kier alpha value is -0.0400. The van der Waals surface area contributed by atoms with Gasteiger partial charge in [0, 0.05) is 0 Å². The number of rotatable bonds is 2. The summed E-state index contributed by atoms with van der Waals surface area (Å²) in [6.07, 6.45) is 1.28. The number of carbonyl (C=O) groups excluding carboxylic acids is 1. The first kappa shape index (κ1) is 6.96. The number of hydrogen-bond acceptors (Lipinski definition) is 2. The predicted molar refractivity (Wildman–Crippen MR) is 28.5 cm³/mol. The summed E-state index contributed by atoms with van der Waals surface area (Å²) >= 11 is 10.3. The smallest absolute Gasteiger partial charge is 0.211 e. The van der Waals surface area contributed by atoms with Crippen LogP contribution >= 0.6 is 23.2 Å². The van der Waals surface area contributed by atoms with Crippen LogP contribution in [0.4, 0.5) is 0 Å². The highest BCUT2D eigenvalue weighted by Gasteiger charge is 1.93. The Balaban J connectivity index is 3.35. The van der Waals surface area contributed by atoms with Crippen molar-refractivity contribution in [1.29, 1.82) is 0 Å². The minimum Gasteiger partial charge on any atom is -0.211 e. The fraction of sp³-hybridized carbons (Fsp3) is 0.667. The van der Waals surface area contributed by atoms with Gasteiger partial charge < -0.3 is 0 Å². The van der Waals surface area contributed by atoms with Gasteiger partial charge in [0.2, 0.25) is 6.08 Å². The maximum Gasteiger partial charge on any atom is 0.236 e. The van der Waals surface area contributed by atoms with Crippen LogP contribution in [0.25, 0.3) is 0 Å². The Labute approximate surface area is 51.1 Å². The molecule has 7 heavy (non-hydrogen) atoms. The number of nitrogens with zero attached hydrogens (tertiary/aromatic N) is 1. The average Bonchev–Trinajstić information content (AvgIpc) is 1.68. The summed E-state index contributed by atoms with van der Waals surface area (Å²) in [6.45, 7) is 0. The van der Waals surface area contributed by atoms with Crippen molar-refractivity contribution in [3.8, 4) is 0 Å². The van der Waals surface area contributed by atoms with Gasteiger partial charge in [0.25, 0.3) is 0 Å². The van der Waals surface area contributed by atoms with Crippen LogP contribution in [-0.4, -0.2) is 17.5 Å². The van der Waals surface area contributed by atoms with Crippen LogP contribution in [0.1, 0.15) is 0 Å². The van der Waals surface area contributed by atoms with E-state index in [4.69, 9.17) is 23.2 Å². The number of isocyanates is 1. The van der Waals surface area contributed by atoms with E-state index in [0.29, 0.717) is 0 Å². The Bertz CT molecular complexity index is 88.9. The second-order valence-electron chi connectivity index (χ2n) is 0.809. The molecule has 1 atom stereocenters. The quantitative estimate of drug-likeness (QED) is 0.244. The molecule has 0 bridgehead atoms. The zero-order valence-electron chi connectivity index (χ0n) is 3.40. The Morgan fingerprint density at radius 3 is 2.57 bits per heavy atom. The van der Waals surface area contributed by atoms with E-state index in [0.717, 1.165) is 0 Å². The number of halogens is 2. The Morgan fingerprint density at radius 2 is 2.43 bits per heavy atom. The molecule has 0 saturated carbocycles. The van der Waals surface area contributed by atoms with Gasteiger partial charge in [-0.1, -0.05) is 11.6 Å². The van der Waals surface area contributed by atoms with Crippen LogP contribution in [-0.2, 0) is 4.79 Å². The van der Waals surface area contributed by atoms with Gasteiger partial charge in [-0.3, -0.25) is 0 Å². The molecule has 0 saturated heterocycles. The van der Waals surface area contributed by atoms with Gasteiger partial charge in [0.15, 0.2) is 0 Å². The zero-order chi connectivity index (χ0) is 5.70. The van der Waals surface area contributed by atoms with Gasteiger partial charge >= 0.3 is 0 Å². The van der Waals surface area contributed by atoms with Crippen molar-refractivity contribution >= 4 is 29.3 Å². The molecule has 40 valence electrons. The van der Waals surface area contributed by atoms with E-state index in [2.05, 4.69) is 4.99 Å². The van der Waals surface area contributed by atoms with Crippen molar-refractivity contribution in [2.45, 2.75) is 5.50 Å². The highest BCUT2D eigenvalue weighted by Crippen LogP contribution is 1.96. The minimum absolute atomic E-state index is 0.150. The Morgan fingerprint density at radius 1 is 1.86 bits per heavy atom. The van der Waals surface area contributed by atoms with Crippen molar-refractivity contribution in [3.63, 3.8) is 0 Å². The minimum atomic E-state index is -0.612. The lowest BCUT2D eigenvalue weighted by atomic mass is 10.8. The van der Waals surface area contributed by atoms with Crippen molar-refractivity contribution in [1.82, 2.24) is 0 Å². The van der Waals surface area contributed by atoms with E-state index in [-0.39, 0.29) is 5.88 Å². The summed E-state index contributed by atoms with van der Waals surface area (Å²) in [5.41, 5.74) is -0.612. The fourth-order valence-corrected chi connectivity index (χ4v) is 0.201.